The molecule has 1 saturated heterocycles. The van der Waals surface area contributed by atoms with Crippen molar-refractivity contribution in [2.75, 3.05) is 19.1 Å². The van der Waals surface area contributed by atoms with Gasteiger partial charge < -0.3 is 14.6 Å². The number of hydrogen-bond acceptors (Lipinski definition) is 7. The first-order valence-electron chi connectivity index (χ1n) is 11.1. The summed E-state index contributed by atoms with van der Waals surface area (Å²) in [7, 11) is 2.88. The highest BCUT2D eigenvalue weighted by Gasteiger charge is 2.48. The van der Waals surface area contributed by atoms with Crippen LogP contribution in [0.5, 0.6) is 11.5 Å². The molecule has 1 unspecified atom stereocenters. The van der Waals surface area contributed by atoms with E-state index in [1.54, 1.807) is 24.3 Å². The summed E-state index contributed by atoms with van der Waals surface area (Å²) in [6.07, 6.45) is 0. The maximum atomic E-state index is 14.4. The third-order valence-electron chi connectivity index (χ3n) is 6.07. The van der Waals surface area contributed by atoms with Crippen molar-refractivity contribution in [3.63, 3.8) is 0 Å². The van der Waals surface area contributed by atoms with Gasteiger partial charge in [-0.25, -0.2) is 13.8 Å². The predicted octanol–water partition coefficient (Wildman–Crippen LogP) is 5.53. The standard InChI is InChI=1S/C27H20F2N2O5S/c1-13-5-4-6-14(9-13)23-21(24(32)17-8-7-16(35-2)12-19(17)36-3)25(33)26(34)31(23)27-30-22-18(29)10-15(28)11-20(22)37-27/h4-12,23,32H,1-3H3/b24-21+. The Morgan fingerprint density at radius 2 is 1.84 bits per heavy atom. The first-order valence-corrected chi connectivity index (χ1v) is 11.9. The second kappa shape index (κ2) is 9.29. The molecule has 10 heteroatoms. The molecule has 1 fully saturated rings. The van der Waals surface area contributed by atoms with Gasteiger partial charge in [0, 0.05) is 12.1 Å². The van der Waals surface area contributed by atoms with Crippen LogP contribution in [0.4, 0.5) is 13.9 Å². The van der Waals surface area contributed by atoms with E-state index in [0.717, 1.165) is 27.9 Å². The van der Waals surface area contributed by atoms with Gasteiger partial charge in [-0.15, -0.1) is 0 Å². The second-order valence-electron chi connectivity index (χ2n) is 8.38. The van der Waals surface area contributed by atoms with Crippen LogP contribution < -0.4 is 14.4 Å². The van der Waals surface area contributed by atoms with Crippen LogP contribution in [-0.4, -0.2) is 36.0 Å². The van der Waals surface area contributed by atoms with Gasteiger partial charge in [0.15, 0.2) is 10.9 Å². The highest BCUT2D eigenvalue weighted by molar-refractivity contribution is 7.22. The van der Waals surface area contributed by atoms with Crippen molar-refractivity contribution in [3.8, 4) is 11.5 Å². The van der Waals surface area contributed by atoms with Crippen molar-refractivity contribution in [2.24, 2.45) is 0 Å². The molecule has 1 atom stereocenters. The molecule has 4 aromatic rings. The third kappa shape index (κ3) is 4.09. The van der Waals surface area contributed by atoms with Crippen LogP contribution in [-0.2, 0) is 9.59 Å². The number of ether oxygens (including phenoxy) is 2. The molecule has 3 aromatic carbocycles. The molecule has 1 amide bonds. The second-order valence-corrected chi connectivity index (χ2v) is 9.39. The van der Waals surface area contributed by atoms with Crippen molar-refractivity contribution in [3.05, 3.63) is 88.5 Å². The maximum absolute atomic E-state index is 14.4. The minimum absolute atomic E-state index is 0.00569. The van der Waals surface area contributed by atoms with E-state index in [-0.39, 0.29) is 32.2 Å². The van der Waals surface area contributed by atoms with E-state index in [4.69, 9.17) is 9.47 Å². The van der Waals surface area contributed by atoms with Gasteiger partial charge in [0.25, 0.3) is 5.78 Å². The van der Waals surface area contributed by atoms with Crippen LogP contribution >= 0.6 is 11.3 Å². The molecule has 0 bridgehead atoms. The Labute approximate surface area is 214 Å². The minimum atomic E-state index is -1.08. The average molecular weight is 523 g/mol. The third-order valence-corrected chi connectivity index (χ3v) is 7.08. The van der Waals surface area contributed by atoms with E-state index in [1.165, 1.54) is 26.4 Å². The summed E-state index contributed by atoms with van der Waals surface area (Å²) >= 11 is 0.870. The van der Waals surface area contributed by atoms with Crippen molar-refractivity contribution in [1.82, 2.24) is 4.98 Å². The topological polar surface area (TPSA) is 89.0 Å². The number of halogens is 2. The van der Waals surface area contributed by atoms with Crippen LogP contribution in [0.2, 0.25) is 0 Å². The summed E-state index contributed by atoms with van der Waals surface area (Å²) < 4.78 is 39.0. The minimum Gasteiger partial charge on any atom is -0.507 e. The van der Waals surface area contributed by atoms with E-state index in [2.05, 4.69) is 4.98 Å². The smallest absolute Gasteiger partial charge is 0.301 e. The summed E-state index contributed by atoms with van der Waals surface area (Å²) in [5.41, 5.74) is 1.24. The Morgan fingerprint density at radius 1 is 1.05 bits per heavy atom. The normalized spacial score (nSPS) is 17.0. The lowest BCUT2D eigenvalue weighted by atomic mass is 9.94. The quantitative estimate of drug-likeness (QED) is 0.211. The highest BCUT2D eigenvalue weighted by atomic mass is 32.1. The number of aromatic nitrogens is 1. The molecule has 2 heterocycles. The summed E-state index contributed by atoms with van der Waals surface area (Å²) in [6.45, 7) is 1.85. The van der Waals surface area contributed by atoms with E-state index < -0.39 is 35.1 Å². The number of Topliss-reactive ketones (excluding diaryl/α,β-unsaturated/α-hetero) is 1. The number of aliphatic hydroxyl groups is 1. The fourth-order valence-electron chi connectivity index (χ4n) is 4.37. The van der Waals surface area contributed by atoms with Gasteiger partial charge in [-0.2, -0.15) is 0 Å². The molecule has 1 N–H and O–H groups in total. The van der Waals surface area contributed by atoms with Crippen LogP contribution in [0.3, 0.4) is 0 Å². The van der Waals surface area contributed by atoms with Crippen LogP contribution in [0, 0.1) is 18.6 Å². The van der Waals surface area contributed by atoms with Crippen molar-refractivity contribution in [1.29, 1.82) is 0 Å². The summed E-state index contributed by atoms with van der Waals surface area (Å²) in [6, 6.07) is 12.5. The number of nitrogens with zero attached hydrogens (tertiary/aromatic N) is 2. The Bertz CT molecular complexity index is 1610. The summed E-state index contributed by atoms with van der Waals surface area (Å²) in [5.74, 6) is -3.34. The number of amides is 1. The molecule has 0 aliphatic carbocycles. The van der Waals surface area contributed by atoms with E-state index in [0.29, 0.717) is 17.4 Å². The Balaban J connectivity index is 1.76. The first-order chi connectivity index (χ1) is 17.7. The summed E-state index contributed by atoms with van der Waals surface area (Å²) in [4.78, 5) is 32.1. The van der Waals surface area contributed by atoms with Crippen LogP contribution in [0.15, 0.2) is 60.2 Å². The molecule has 5 rings (SSSR count). The van der Waals surface area contributed by atoms with E-state index in [9.17, 15) is 23.5 Å². The van der Waals surface area contributed by atoms with Gasteiger partial charge >= 0.3 is 5.91 Å². The SMILES string of the molecule is COc1ccc(/C(O)=C2\C(=O)C(=O)N(c3nc4c(F)cc(F)cc4s3)C2c2cccc(C)c2)c(OC)c1. The zero-order valence-electron chi connectivity index (χ0n) is 19.9. The highest BCUT2D eigenvalue weighted by Crippen LogP contribution is 2.45. The lowest BCUT2D eigenvalue weighted by molar-refractivity contribution is -0.132. The number of fused-ring (bicyclic) bond motifs is 1. The Kier molecular flexibility index (Phi) is 6.12. The molecule has 0 spiro atoms. The Morgan fingerprint density at radius 3 is 2.54 bits per heavy atom. The zero-order chi connectivity index (χ0) is 26.4. The van der Waals surface area contributed by atoms with E-state index >= 15 is 0 Å². The van der Waals surface area contributed by atoms with Crippen molar-refractivity contribution >= 4 is 44.1 Å². The average Bonchev–Trinajstić information content (AvgIpc) is 3.41. The number of benzene rings is 3. The largest absolute Gasteiger partial charge is 0.507 e. The number of ketones is 1. The Hall–Kier alpha value is -4.31. The summed E-state index contributed by atoms with van der Waals surface area (Å²) in [5, 5.41) is 11.4. The number of aryl methyl sites for hydroxylation is 1. The molecule has 7 nitrogen and oxygen atoms in total. The molecule has 1 aliphatic rings. The fourth-order valence-corrected chi connectivity index (χ4v) is 5.40. The number of carbonyl (C=O) groups excluding carboxylic acids is 2. The number of rotatable bonds is 5. The molecular formula is C27H20F2N2O5S. The number of aliphatic hydroxyl groups excluding tert-OH is 1. The van der Waals surface area contributed by atoms with Gasteiger partial charge in [0.05, 0.1) is 36.1 Å². The predicted molar refractivity (Wildman–Crippen MR) is 135 cm³/mol. The lowest BCUT2D eigenvalue weighted by Crippen LogP contribution is -2.29. The zero-order valence-corrected chi connectivity index (χ0v) is 20.7. The number of hydrogen-bond donors (Lipinski definition) is 1. The van der Waals surface area contributed by atoms with Gasteiger partial charge in [0.1, 0.15) is 28.6 Å². The van der Waals surface area contributed by atoms with Gasteiger partial charge in [0.2, 0.25) is 0 Å². The maximum Gasteiger partial charge on any atom is 0.301 e. The molecule has 0 radical (unpaired) electrons. The van der Waals surface area contributed by atoms with Gasteiger partial charge in [-0.05, 0) is 30.7 Å². The number of carbonyl (C=O) groups is 2. The van der Waals surface area contributed by atoms with Gasteiger partial charge in [-0.1, -0.05) is 41.2 Å². The number of anilines is 1. The van der Waals surface area contributed by atoms with Crippen LogP contribution in [0.1, 0.15) is 22.7 Å². The lowest BCUT2D eigenvalue weighted by Gasteiger charge is -2.23. The van der Waals surface area contributed by atoms with E-state index in [1.807, 2.05) is 13.0 Å². The first kappa shape index (κ1) is 24.4. The molecule has 37 heavy (non-hydrogen) atoms. The fraction of sp³-hybridized carbons (Fsp3) is 0.148. The number of methoxy groups -OCH3 is 2. The van der Waals surface area contributed by atoms with Crippen LogP contribution in [0.25, 0.3) is 16.0 Å². The van der Waals surface area contributed by atoms with Crippen molar-refractivity contribution in [2.45, 2.75) is 13.0 Å². The molecule has 0 saturated carbocycles. The molecule has 1 aliphatic heterocycles. The number of thiazole rings is 1. The molecule has 1 aromatic heterocycles. The molecule has 188 valence electrons. The van der Waals surface area contributed by atoms with Crippen molar-refractivity contribution < 1.29 is 33.0 Å². The van der Waals surface area contributed by atoms with Gasteiger partial charge in [-0.3, -0.25) is 14.5 Å². The molecular weight excluding hydrogens is 502 g/mol. The monoisotopic (exact) mass is 522 g/mol.